The van der Waals surface area contributed by atoms with Crippen molar-refractivity contribution in [2.24, 2.45) is 23.7 Å². The van der Waals surface area contributed by atoms with E-state index in [9.17, 15) is 43.5 Å². The first-order chi connectivity index (χ1) is 32.8. The van der Waals surface area contributed by atoms with Crippen molar-refractivity contribution in [1.82, 2.24) is 20.0 Å². The monoisotopic (exact) mass is 977 g/mol. The third-order valence-electron chi connectivity index (χ3n) is 11.5. The van der Waals surface area contributed by atoms with Crippen molar-refractivity contribution < 1.29 is 62.4 Å². The summed E-state index contributed by atoms with van der Waals surface area (Å²) in [5.41, 5.74) is 1.22. The molecule has 8 atom stereocenters. The molecule has 0 saturated heterocycles. The number of carbonyl (C=O) groups is 8. The van der Waals surface area contributed by atoms with Crippen LogP contribution in [-0.4, -0.2) is 144 Å². The van der Waals surface area contributed by atoms with Gasteiger partial charge in [-0.1, -0.05) is 122 Å². The van der Waals surface area contributed by atoms with Crippen LogP contribution >= 0.6 is 0 Å². The number of terminal acetylenes is 1. The fourth-order valence-electron chi connectivity index (χ4n) is 7.65. The van der Waals surface area contributed by atoms with E-state index in [1.807, 2.05) is 27.7 Å². The number of benzene rings is 2. The van der Waals surface area contributed by atoms with Gasteiger partial charge in [0.1, 0.15) is 24.2 Å². The molecule has 0 bridgehead atoms. The van der Waals surface area contributed by atoms with Gasteiger partial charge in [0.25, 0.3) is 17.7 Å². The Balaban J connectivity index is 2.45. The molecule has 70 heavy (non-hydrogen) atoms. The average Bonchev–Trinajstić information content (AvgIpc) is 3.30. The maximum absolute atomic E-state index is 14.7. The molecule has 0 radical (unpaired) electrons. The minimum Gasteiger partial charge on any atom is -0.478 e. The molecule has 2 aromatic rings. The molecule has 0 unspecified atom stereocenters. The van der Waals surface area contributed by atoms with Crippen LogP contribution in [0.15, 0.2) is 60.7 Å². The van der Waals surface area contributed by atoms with Crippen LogP contribution in [-0.2, 0) is 70.1 Å². The maximum Gasteiger partial charge on any atom is 0.345 e. The third kappa shape index (κ3) is 18.9. The van der Waals surface area contributed by atoms with Crippen LogP contribution in [0.4, 0.5) is 0 Å². The van der Waals surface area contributed by atoms with Gasteiger partial charge in [0.2, 0.25) is 12.2 Å². The second-order valence-electron chi connectivity index (χ2n) is 19.4. The fourth-order valence-corrected chi connectivity index (χ4v) is 7.65. The Labute approximate surface area is 414 Å². The number of nitrogens with zero attached hydrogens (tertiary/aromatic N) is 3. The number of ether oxygens (including phenoxy) is 4. The van der Waals surface area contributed by atoms with Crippen LogP contribution in [0.2, 0.25) is 0 Å². The van der Waals surface area contributed by atoms with Crippen LogP contribution in [0.25, 0.3) is 0 Å². The standard InChI is InChI=1S/C53H76N4O13/c1-15-43(47(59)56(13)42(29-35(8)9)53(66)70-45(49(61)62)31-38-24-20-17-21-25-38)68-51(64)41(28-34(6)7)57(14)48(60)44(30-37-22-18-16-19-23-37)69-52(65)40(27-33(4)5)55(12)46(58)36(10)67-50(63)39(54-11)26-32(2)3/h1,16-25,32-36,39-45,54H,26-31H2,2-14H3,(H,61,62)/t36-,39+,40+,41+,42+,43-,44-,45-/m1/s1. The number of aliphatic carboxylic acids is 1. The Bertz CT molecular complexity index is 2090. The smallest absolute Gasteiger partial charge is 0.345 e. The number of nitrogens with one attached hydrogen (secondary N) is 1. The van der Waals surface area contributed by atoms with E-state index in [1.54, 1.807) is 95.4 Å². The Hall–Kier alpha value is -6.28. The average molecular weight is 977 g/mol. The molecular weight excluding hydrogens is 901 g/mol. The van der Waals surface area contributed by atoms with Crippen molar-refractivity contribution in [1.29, 1.82) is 0 Å². The molecule has 2 rings (SSSR count). The van der Waals surface area contributed by atoms with E-state index in [0.29, 0.717) is 17.5 Å². The Morgan fingerprint density at radius 1 is 0.529 bits per heavy atom. The molecule has 0 saturated carbocycles. The van der Waals surface area contributed by atoms with E-state index in [0.717, 1.165) is 14.7 Å². The highest BCUT2D eigenvalue weighted by molar-refractivity contribution is 5.94. The minimum atomic E-state index is -1.89. The number of carboxylic acids is 1. The van der Waals surface area contributed by atoms with Crippen molar-refractivity contribution in [3.05, 3.63) is 71.8 Å². The van der Waals surface area contributed by atoms with Gasteiger partial charge in [0.05, 0.1) is 0 Å². The summed E-state index contributed by atoms with van der Waals surface area (Å²) >= 11 is 0. The summed E-state index contributed by atoms with van der Waals surface area (Å²) in [5.74, 6) is -5.63. The molecule has 0 aliphatic carbocycles. The predicted molar refractivity (Wildman–Crippen MR) is 262 cm³/mol. The number of amides is 3. The first-order valence-electron chi connectivity index (χ1n) is 23.9. The van der Waals surface area contributed by atoms with Gasteiger partial charge in [-0.05, 0) is 74.5 Å². The summed E-state index contributed by atoms with van der Waals surface area (Å²) in [7, 11) is 5.62. The largest absolute Gasteiger partial charge is 0.478 e. The fraction of sp³-hybridized carbons (Fsp3) is 0.585. The highest BCUT2D eigenvalue weighted by atomic mass is 16.6. The third-order valence-corrected chi connectivity index (χ3v) is 11.5. The molecule has 0 fully saturated rings. The molecule has 0 spiro atoms. The summed E-state index contributed by atoms with van der Waals surface area (Å²) in [6.45, 7) is 16.2. The Morgan fingerprint density at radius 3 is 1.29 bits per heavy atom. The Kier molecular flexibility index (Phi) is 24.8. The second kappa shape index (κ2) is 29.0. The molecule has 386 valence electrons. The highest BCUT2D eigenvalue weighted by Gasteiger charge is 2.41. The van der Waals surface area contributed by atoms with Crippen molar-refractivity contribution in [3.63, 3.8) is 0 Å². The van der Waals surface area contributed by atoms with E-state index in [4.69, 9.17) is 25.4 Å². The van der Waals surface area contributed by atoms with E-state index >= 15 is 0 Å². The minimum absolute atomic E-state index is 0.0179. The summed E-state index contributed by atoms with van der Waals surface area (Å²) in [6, 6.07) is 12.7. The summed E-state index contributed by atoms with van der Waals surface area (Å²) in [6.07, 6.45) is -0.0500. The molecule has 0 aliphatic rings. The molecular formula is C53H76N4O13. The van der Waals surface area contributed by atoms with Gasteiger partial charge in [-0.3, -0.25) is 19.2 Å². The van der Waals surface area contributed by atoms with E-state index in [1.165, 1.54) is 28.1 Å². The summed E-state index contributed by atoms with van der Waals surface area (Å²) in [4.78, 5) is 113. The van der Waals surface area contributed by atoms with Crippen LogP contribution in [0, 0.1) is 36.0 Å². The molecule has 2 aromatic carbocycles. The van der Waals surface area contributed by atoms with Crippen LogP contribution in [0.1, 0.15) is 99.1 Å². The second-order valence-corrected chi connectivity index (χ2v) is 19.4. The lowest BCUT2D eigenvalue weighted by molar-refractivity contribution is -0.173. The molecule has 17 heteroatoms. The zero-order chi connectivity index (χ0) is 53.0. The SMILES string of the molecule is C#C[C@@H](OC(=O)[C@H](CC(C)C)N(C)C(=O)[C@@H](Cc1ccccc1)OC(=O)[C@H](CC(C)C)N(C)C(=O)[C@@H](C)OC(=O)[C@H](CC(C)C)NC)C(=O)N(C)[C@@H](CC(C)C)C(=O)O[C@H](Cc1ccccc1)C(=O)O. The first kappa shape index (κ1) is 59.8. The van der Waals surface area contributed by atoms with Crippen LogP contribution < -0.4 is 5.32 Å². The van der Waals surface area contributed by atoms with Crippen molar-refractivity contribution >= 4 is 47.6 Å². The summed E-state index contributed by atoms with van der Waals surface area (Å²) in [5, 5.41) is 12.8. The van der Waals surface area contributed by atoms with Crippen molar-refractivity contribution in [2.45, 2.75) is 149 Å². The van der Waals surface area contributed by atoms with Gasteiger partial charge in [0, 0.05) is 34.0 Å². The number of hydrogen-bond donors (Lipinski definition) is 2. The van der Waals surface area contributed by atoms with Crippen LogP contribution in [0.3, 0.4) is 0 Å². The predicted octanol–water partition coefficient (Wildman–Crippen LogP) is 5.11. The normalized spacial score (nSPS) is 14.7. The zero-order valence-electron chi connectivity index (χ0n) is 43.2. The lowest BCUT2D eigenvalue weighted by atomic mass is 10.00. The lowest BCUT2D eigenvalue weighted by Crippen LogP contribution is -2.54. The number of esters is 4. The van der Waals surface area contributed by atoms with Gasteiger partial charge in [-0.25, -0.2) is 19.2 Å². The number of carbonyl (C=O) groups excluding carboxylic acids is 7. The number of rotatable bonds is 28. The van der Waals surface area contributed by atoms with Gasteiger partial charge < -0.3 is 44.1 Å². The molecule has 0 aliphatic heterocycles. The molecule has 2 N–H and O–H groups in total. The molecule has 3 amide bonds. The number of likely N-dealkylation sites (N-methyl/N-ethyl adjacent to an activating group) is 4. The Morgan fingerprint density at radius 2 is 0.900 bits per heavy atom. The zero-order valence-corrected chi connectivity index (χ0v) is 43.2. The van der Waals surface area contributed by atoms with Crippen LogP contribution in [0.5, 0.6) is 0 Å². The molecule has 17 nitrogen and oxygen atoms in total. The van der Waals surface area contributed by atoms with Crippen molar-refractivity contribution in [2.75, 3.05) is 28.2 Å². The first-order valence-corrected chi connectivity index (χ1v) is 23.9. The van der Waals surface area contributed by atoms with Gasteiger partial charge in [0.15, 0.2) is 12.2 Å². The van der Waals surface area contributed by atoms with Crippen molar-refractivity contribution in [3.8, 4) is 12.3 Å². The highest BCUT2D eigenvalue weighted by Crippen LogP contribution is 2.22. The van der Waals surface area contributed by atoms with Gasteiger partial charge in [-0.15, -0.1) is 6.42 Å². The quantitative estimate of drug-likeness (QED) is 0.0644. The van der Waals surface area contributed by atoms with E-state index in [-0.39, 0.29) is 55.8 Å². The summed E-state index contributed by atoms with van der Waals surface area (Å²) < 4.78 is 22.7. The lowest BCUT2D eigenvalue weighted by Gasteiger charge is -2.34. The molecule has 0 aromatic heterocycles. The molecule has 0 heterocycles. The topological polar surface area (TPSA) is 215 Å². The number of hydrogen-bond acceptors (Lipinski definition) is 13. The van der Waals surface area contributed by atoms with Gasteiger partial charge >= 0.3 is 29.8 Å². The number of carboxylic acid groups (broad SMARTS) is 1. The van der Waals surface area contributed by atoms with E-state index in [2.05, 4.69) is 11.2 Å². The maximum atomic E-state index is 14.7. The van der Waals surface area contributed by atoms with E-state index < -0.39 is 96.2 Å². The van der Waals surface area contributed by atoms with Gasteiger partial charge in [-0.2, -0.15) is 0 Å².